The van der Waals surface area contributed by atoms with Crippen LogP contribution >= 0.6 is 15.9 Å². The molecule has 2 heteroatoms. The molecular formula is C13H10BrF. The van der Waals surface area contributed by atoms with Crippen molar-refractivity contribution in [2.75, 3.05) is 0 Å². The van der Waals surface area contributed by atoms with E-state index in [0.717, 1.165) is 15.6 Å². The van der Waals surface area contributed by atoms with Gasteiger partial charge in [-0.3, -0.25) is 0 Å². The van der Waals surface area contributed by atoms with Gasteiger partial charge in [-0.1, -0.05) is 46.3 Å². The van der Waals surface area contributed by atoms with Crippen molar-refractivity contribution in [2.45, 2.75) is 6.92 Å². The van der Waals surface area contributed by atoms with Crippen LogP contribution < -0.4 is 0 Å². The standard InChI is InChI=1S/C13H10BrF/c1-9-10(6-4-8-13(9)15)11-5-2-3-7-12(11)14/h2-8H,1H3. The summed E-state index contributed by atoms with van der Waals surface area (Å²) in [6.07, 6.45) is 0. The lowest BCUT2D eigenvalue weighted by molar-refractivity contribution is 0.619. The molecule has 0 atom stereocenters. The van der Waals surface area contributed by atoms with Gasteiger partial charge in [0.2, 0.25) is 0 Å². The topological polar surface area (TPSA) is 0 Å². The van der Waals surface area contributed by atoms with Gasteiger partial charge >= 0.3 is 0 Å². The Labute approximate surface area is 96.9 Å². The molecule has 76 valence electrons. The fraction of sp³-hybridized carbons (Fsp3) is 0.0769. The summed E-state index contributed by atoms with van der Waals surface area (Å²) in [5.41, 5.74) is 2.64. The molecule has 2 rings (SSSR count). The summed E-state index contributed by atoms with van der Waals surface area (Å²) in [5, 5.41) is 0. The molecule has 0 N–H and O–H groups in total. The molecule has 0 unspecified atom stereocenters. The van der Waals surface area contributed by atoms with Crippen LogP contribution in [0, 0.1) is 12.7 Å². The summed E-state index contributed by atoms with van der Waals surface area (Å²) < 4.78 is 14.4. The van der Waals surface area contributed by atoms with Gasteiger partial charge in [-0.2, -0.15) is 0 Å². The van der Waals surface area contributed by atoms with Gasteiger partial charge in [0.25, 0.3) is 0 Å². The third-order valence-corrected chi connectivity index (χ3v) is 3.12. The van der Waals surface area contributed by atoms with Crippen LogP contribution in [-0.2, 0) is 0 Å². The minimum atomic E-state index is -0.164. The maximum Gasteiger partial charge on any atom is 0.126 e. The smallest absolute Gasteiger partial charge is 0.126 e. The molecule has 0 saturated carbocycles. The number of hydrogen-bond acceptors (Lipinski definition) is 0. The molecule has 0 saturated heterocycles. The van der Waals surface area contributed by atoms with E-state index >= 15 is 0 Å². The van der Waals surface area contributed by atoms with Crippen LogP contribution in [0.2, 0.25) is 0 Å². The van der Waals surface area contributed by atoms with Crippen molar-refractivity contribution in [3.8, 4) is 11.1 Å². The molecule has 2 aromatic rings. The molecule has 0 fully saturated rings. The Kier molecular flexibility index (Phi) is 2.87. The maximum atomic E-state index is 13.4. The average molecular weight is 265 g/mol. The van der Waals surface area contributed by atoms with Gasteiger partial charge in [-0.05, 0) is 35.7 Å². The zero-order valence-electron chi connectivity index (χ0n) is 8.30. The molecule has 15 heavy (non-hydrogen) atoms. The third-order valence-electron chi connectivity index (χ3n) is 2.43. The summed E-state index contributed by atoms with van der Waals surface area (Å²) in [6, 6.07) is 13.0. The van der Waals surface area contributed by atoms with Gasteiger partial charge in [0.05, 0.1) is 0 Å². The molecule has 0 aliphatic carbocycles. The van der Waals surface area contributed by atoms with Crippen molar-refractivity contribution in [1.29, 1.82) is 0 Å². The zero-order chi connectivity index (χ0) is 10.8. The molecule has 0 aliphatic rings. The van der Waals surface area contributed by atoms with E-state index in [1.165, 1.54) is 6.07 Å². The zero-order valence-corrected chi connectivity index (χ0v) is 9.88. The van der Waals surface area contributed by atoms with Crippen LogP contribution in [0.4, 0.5) is 4.39 Å². The number of halogens is 2. The van der Waals surface area contributed by atoms with E-state index in [1.54, 1.807) is 13.0 Å². The molecule has 0 heterocycles. The Balaban J connectivity index is 2.65. The van der Waals surface area contributed by atoms with Crippen molar-refractivity contribution in [2.24, 2.45) is 0 Å². The van der Waals surface area contributed by atoms with Crippen LogP contribution in [0.3, 0.4) is 0 Å². The molecule has 0 radical (unpaired) electrons. The summed E-state index contributed by atoms with van der Waals surface area (Å²) >= 11 is 3.47. The van der Waals surface area contributed by atoms with Crippen LogP contribution in [-0.4, -0.2) is 0 Å². The summed E-state index contributed by atoms with van der Waals surface area (Å²) in [7, 11) is 0. The normalized spacial score (nSPS) is 10.3. The molecule has 0 aromatic heterocycles. The lowest BCUT2D eigenvalue weighted by Gasteiger charge is -2.08. The third kappa shape index (κ3) is 1.95. The SMILES string of the molecule is Cc1c(F)cccc1-c1ccccc1Br. The number of hydrogen-bond donors (Lipinski definition) is 0. The van der Waals surface area contributed by atoms with E-state index in [9.17, 15) is 4.39 Å². The highest BCUT2D eigenvalue weighted by Gasteiger charge is 2.07. The highest BCUT2D eigenvalue weighted by Crippen LogP contribution is 2.30. The minimum Gasteiger partial charge on any atom is -0.207 e. The van der Waals surface area contributed by atoms with Crippen LogP contribution in [0.25, 0.3) is 11.1 Å². The van der Waals surface area contributed by atoms with Gasteiger partial charge in [-0.25, -0.2) is 4.39 Å². The summed E-state index contributed by atoms with van der Waals surface area (Å²) in [5.74, 6) is -0.164. The van der Waals surface area contributed by atoms with Crippen LogP contribution in [0.5, 0.6) is 0 Å². The molecule has 0 spiro atoms. The van der Waals surface area contributed by atoms with Gasteiger partial charge in [0.15, 0.2) is 0 Å². The second kappa shape index (κ2) is 4.15. The second-order valence-corrected chi connectivity index (χ2v) is 4.25. The van der Waals surface area contributed by atoms with E-state index in [0.29, 0.717) is 5.56 Å². The number of benzene rings is 2. The molecule has 0 bridgehead atoms. The summed E-state index contributed by atoms with van der Waals surface area (Å²) in [4.78, 5) is 0. The van der Waals surface area contributed by atoms with E-state index in [4.69, 9.17) is 0 Å². The average Bonchev–Trinajstić information content (AvgIpc) is 2.23. The molecule has 0 nitrogen and oxygen atoms in total. The van der Waals surface area contributed by atoms with Gasteiger partial charge in [0.1, 0.15) is 5.82 Å². The first kappa shape index (κ1) is 10.4. The Hall–Kier alpha value is -1.15. The maximum absolute atomic E-state index is 13.4. The predicted molar refractivity (Wildman–Crippen MR) is 64.3 cm³/mol. The Bertz CT molecular complexity index is 492. The molecular weight excluding hydrogens is 255 g/mol. The Morgan fingerprint density at radius 3 is 2.33 bits per heavy atom. The Morgan fingerprint density at radius 2 is 1.60 bits per heavy atom. The van der Waals surface area contributed by atoms with Crippen molar-refractivity contribution < 1.29 is 4.39 Å². The molecule has 2 aromatic carbocycles. The molecule has 0 aliphatic heterocycles. The first-order valence-electron chi connectivity index (χ1n) is 4.70. The highest BCUT2D eigenvalue weighted by molar-refractivity contribution is 9.10. The minimum absolute atomic E-state index is 0.164. The Morgan fingerprint density at radius 1 is 0.933 bits per heavy atom. The van der Waals surface area contributed by atoms with Crippen LogP contribution in [0.15, 0.2) is 46.9 Å². The van der Waals surface area contributed by atoms with Crippen molar-refractivity contribution in [3.05, 3.63) is 58.3 Å². The fourth-order valence-electron chi connectivity index (χ4n) is 1.58. The van der Waals surface area contributed by atoms with Gasteiger partial charge in [0, 0.05) is 4.47 Å². The van der Waals surface area contributed by atoms with E-state index in [-0.39, 0.29) is 5.82 Å². The second-order valence-electron chi connectivity index (χ2n) is 3.39. The molecule has 0 amide bonds. The predicted octanol–water partition coefficient (Wildman–Crippen LogP) is 4.56. The highest BCUT2D eigenvalue weighted by atomic mass is 79.9. The first-order chi connectivity index (χ1) is 7.20. The lowest BCUT2D eigenvalue weighted by atomic mass is 10.0. The lowest BCUT2D eigenvalue weighted by Crippen LogP contribution is -1.88. The number of rotatable bonds is 1. The largest absolute Gasteiger partial charge is 0.207 e. The monoisotopic (exact) mass is 264 g/mol. The van der Waals surface area contributed by atoms with Crippen molar-refractivity contribution in [3.63, 3.8) is 0 Å². The van der Waals surface area contributed by atoms with Gasteiger partial charge in [-0.15, -0.1) is 0 Å². The quantitative estimate of drug-likeness (QED) is 0.708. The van der Waals surface area contributed by atoms with Crippen molar-refractivity contribution >= 4 is 15.9 Å². The fourth-order valence-corrected chi connectivity index (χ4v) is 2.08. The van der Waals surface area contributed by atoms with E-state index < -0.39 is 0 Å². The van der Waals surface area contributed by atoms with E-state index in [1.807, 2.05) is 30.3 Å². The van der Waals surface area contributed by atoms with Crippen molar-refractivity contribution in [1.82, 2.24) is 0 Å². The summed E-state index contributed by atoms with van der Waals surface area (Å²) in [6.45, 7) is 1.80. The first-order valence-corrected chi connectivity index (χ1v) is 5.49. The van der Waals surface area contributed by atoms with Gasteiger partial charge < -0.3 is 0 Å². The van der Waals surface area contributed by atoms with E-state index in [2.05, 4.69) is 15.9 Å². The van der Waals surface area contributed by atoms with Crippen LogP contribution in [0.1, 0.15) is 5.56 Å².